The van der Waals surface area contributed by atoms with Crippen LogP contribution in [0.1, 0.15) is 47.9 Å². The molecule has 5 rings (SSSR count). The molecule has 0 fully saturated rings. The molecule has 0 saturated carbocycles. The molecule has 1 atom stereocenters. The summed E-state index contributed by atoms with van der Waals surface area (Å²) in [6, 6.07) is 8.09. The Morgan fingerprint density at radius 3 is 2.91 bits per heavy atom. The van der Waals surface area contributed by atoms with E-state index in [-0.39, 0.29) is 5.56 Å². The van der Waals surface area contributed by atoms with Gasteiger partial charge in [-0.1, -0.05) is 43.8 Å². The van der Waals surface area contributed by atoms with E-state index in [1.54, 1.807) is 11.3 Å². The minimum absolute atomic E-state index is 0.0339. The molecule has 0 radical (unpaired) electrons. The minimum Gasteiger partial charge on any atom is -0.486 e. The van der Waals surface area contributed by atoms with Crippen LogP contribution in [0.25, 0.3) is 10.2 Å². The average molecular weight is 508 g/mol. The van der Waals surface area contributed by atoms with E-state index >= 15 is 0 Å². The second-order valence-corrected chi connectivity index (χ2v) is 10.9. The van der Waals surface area contributed by atoms with Crippen molar-refractivity contribution in [1.29, 1.82) is 0 Å². The number of fused-ring (bicyclic) bond motifs is 3. The van der Waals surface area contributed by atoms with Crippen molar-refractivity contribution >= 4 is 33.3 Å². The molecule has 0 amide bonds. The molecule has 1 N–H and O–H groups in total. The van der Waals surface area contributed by atoms with Gasteiger partial charge in [0.1, 0.15) is 23.0 Å². The van der Waals surface area contributed by atoms with Crippen molar-refractivity contribution in [3.05, 3.63) is 74.9 Å². The van der Waals surface area contributed by atoms with Gasteiger partial charge in [0.15, 0.2) is 11.0 Å². The first-order chi connectivity index (χ1) is 17.1. The summed E-state index contributed by atoms with van der Waals surface area (Å²) < 4.78 is 7.93. The van der Waals surface area contributed by atoms with Crippen molar-refractivity contribution in [2.24, 2.45) is 5.92 Å². The van der Waals surface area contributed by atoms with E-state index in [9.17, 15) is 4.79 Å². The first-order valence-corrected chi connectivity index (χ1v) is 13.8. The number of hydrogen-bond donors (Lipinski definition) is 1. The topological polar surface area (TPSA) is 85.7 Å². The largest absolute Gasteiger partial charge is 0.486 e. The number of hydrogen-bond acceptors (Lipinski definition) is 7. The fourth-order valence-electron chi connectivity index (χ4n) is 4.41. The predicted octanol–water partition coefficient (Wildman–Crippen LogP) is 5.32. The van der Waals surface area contributed by atoms with E-state index in [1.807, 2.05) is 22.8 Å². The summed E-state index contributed by atoms with van der Waals surface area (Å²) in [6.07, 6.45) is 5.95. The molecule has 3 aromatic heterocycles. The molecule has 7 nitrogen and oxygen atoms in total. The van der Waals surface area contributed by atoms with Gasteiger partial charge >= 0.3 is 0 Å². The van der Waals surface area contributed by atoms with Crippen LogP contribution in [0.15, 0.2) is 46.9 Å². The molecule has 9 heteroatoms. The number of H-pyrrole nitrogens is 1. The van der Waals surface area contributed by atoms with E-state index < -0.39 is 0 Å². The lowest BCUT2D eigenvalue weighted by molar-refractivity contribution is 0.289. The van der Waals surface area contributed by atoms with E-state index in [1.165, 1.54) is 27.8 Å². The normalized spacial score (nSPS) is 15.3. The Kier molecular flexibility index (Phi) is 7.06. The van der Waals surface area contributed by atoms with Crippen molar-refractivity contribution in [2.45, 2.75) is 63.6 Å². The van der Waals surface area contributed by atoms with Crippen LogP contribution in [-0.4, -0.2) is 24.7 Å². The lowest BCUT2D eigenvalue weighted by Crippen LogP contribution is -2.14. The number of allylic oxidation sites excluding steroid dienone is 1. The van der Waals surface area contributed by atoms with Gasteiger partial charge in [-0.2, -0.15) is 0 Å². The number of aromatic nitrogens is 5. The van der Waals surface area contributed by atoms with Gasteiger partial charge in [0.25, 0.3) is 5.56 Å². The van der Waals surface area contributed by atoms with Crippen molar-refractivity contribution in [2.75, 3.05) is 0 Å². The lowest BCUT2D eigenvalue weighted by Gasteiger charge is -2.17. The first-order valence-electron chi connectivity index (χ1n) is 12.0. The van der Waals surface area contributed by atoms with Gasteiger partial charge in [0.05, 0.1) is 11.1 Å². The van der Waals surface area contributed by atoms with Crippen LogP contribution in [0.3, 0.4) is 0 Å². The van der Waals surface area contributed by atoms with E-state index in [2.05, 4.69) is 47.7 Å². The monoisotopic (exact) mass is 507 g/mol. The smallest absolute Gasteiger partial charge is 0.259 e. The van der Waals surface area contributed by atoms with Crippen LogP contribution in [0.2, 0.25) is 0 Å². The summed E-state index contributed by atoms with van der Waals surface area (Å²) in [5.74, 6) is 3.34. The zero-order chi connectivity index (χ0) is 24.4. The summed E-state index contributed by atoms with van der Waals surface area (Å²) in [6.45, 7) is 9.16. The molecule has 35 heavy (non-hydrogen) atoms. The molecule has 1 aliphatic rings. The SMILES string of the molecule is C=CCn1c(COc2ccc(CC)cc2)nnc1SCc1nc2sc3c(c2c(=O)[nH]1)CCC(C)C3. The maximum Gasteiger partial charge on any atom is 0.259 e. The number of aryl methyl sites for hydroxylation is 2. The van der Waals surface area contributed by atoms with Crippen molar-refractivity contribution in [1.82, 2.24) is 24.7 Å². The van der Waals surface area contributed by atoms with E-state index in [4.69, 9.17) is 9.72 Å². The Morgan fingerprint density at radius 2 is 2.14 bits per heavy atom. The van der Waals surface area contributed by atoms with Gasteiger partial charge in [-0.15, -0.1) is 28.1 Å². The van der Waals surface area contributed by atoms with Crippen LogP contribution in [0, 0.1) is 5.92 Å². The highest BCUT2D eigenvalue weighted by Gasteiger charge is 2.23. The maximum atomic E-state index is 12.9. The Hall–Kier alpha value is -2.91. The minimum atomic E-state index is -0.0339. The highest BCUT2D eigenvalue weighted by atomic mass is 32.2. The number of thiophene rings is 1. The van der Waals surface area contributed by atoms with E-state index in [0.717, 1.165) is 52.6 Å². The van der Waals surface area contributed by atoms with Crippen LogP contribution >= 0.6 is 23.1 Å². The zero-order valence-corrected chi connectivity index (χ0v) is 21.7. The molecule has 0 bridgehead atoms. The number of benzene rings is 1. The first kappa shape index (κ1) is 23.8. The Bertz CT molecular complexity index is 1400. The number of rotatable bonds is 9. The molecular weight excluding hydrogens is 478 g/mol. The Labute approximate surface area is 212 Å². The van der Waals surface area contributed by atoms with Crippen LogP contribution in [0.5, 0.6) is 5.75 Å². The van der Waals surface area contributed by atoms with Gasteiger partial charge < -0.3 is 9.72 Å². The molecule has 1 aliphatic carbocycles. The number of ether oxygens (including phenoxy) is 1. The van der Waals surface area contributed by atoms with Gasteiger partial charge in [0, 0.05) is 11.4 Å². The fraction of sp³-hybridized carbons (Fsp3) is 0.385. The van der Waals surface area contributed by atoms with Crippen molar-refractivity contribution in [3.8, 4) is 5.75 Å². The maximum absolute atomic E-state index is 12.9. The molecule has 0 saturated heterocycles. The average Bonchev–Trinajstić information content (AvgIpc) is 3.42. The second kappa shape index (κ2) is 10.4. The molecule has 1 aromatic carbocycles. The number of thioether (sulfide) groups is 1. The van der Waals surface area contributed by atoms with Crippen LogP contribution in [-0.2, 0) is 38.2 Å². The van der Waals surface area contributed by atoms with Crippen LogP contribution in [0.4, 0.5) is 0 Å². The third-order valence-electron chi connectivity index (χ3n) is 6.36. The quantitative estimate of drug-likeness (QED) is 0.244. The third-order valence-corrected chi connectivity index (χ3v) is 8.48. The highest BCUT2D eigenvalue weighted by molar-refractivity contribution is 7.98. The molecular formula is C26H29N5O2S2. The number of aromatic amines is 1. The zero-order valence-electron chi connectivity index (χ0n) is 20.0. The van der Waals surface area contributed by atoms with Crippen molar-refractivity contribution < 1.29 is 4.74 Å². The number of nitrogens with one attached hydrogen (secondary N) is 1. The van der Waals surface area contributed by atoms with Gasteiger partial charge in [-0.05, 0) is 54.9 Å². The standard InChI is InChI=1S/C26H29N5O2S2/c1-4-12-31-22(14-33-18-9-7-17(5-2)8-10-18)29-30-26(31)34-15-21-27-24(32)23-19-11-6-16(3)13-20(19)35-25(23)28-21/h4,7-10,16H,1,5-6,11-15H2,2-3H3,(H,27,28,32). The summed E-state index contributed by atoms with van der Waals surface area (Å²) in [4.78, 5) is 22.9. The molecule has 0 spiro atoms. The second-order valence-electron chi connectivity index (χ2n) is 8.92. The predicted molar refractivity (Wildman–Crippen MR) is 141 cm³/mol. The summed E-state index contributed by atoms with van der Waals surface area (Å²) in [5, 5.41) is 10.2. The van der Waals surface area contributed by atoms with Gasteiger partial charge in [-0.3, -0.25) is 9.36 Å². The van der Waals surface area contributed by atoms with Gasteiger partial charge in [0.2, 0.25) is 0 Å². The van der Waals surface area contributed by atoms with Crippen LogP contribution < -0.4 is 10.3 Å². The summed E-state index contributed by atoms with van der Waals surface area (Å²) in [5.41, 5.74) is 2.44. The molecule has 1 unspecified atom stereocenters. The Morgan fingerprint density at radius 1 is 1.31 bits per heavy atom. The molecule has 4 aromatic rings. The molecule has 182 valence electrons. The summed E-state index contributed by atoms with van der Waals surface area (Å²) in [7, 11) is 0. The number of nitrogens with zero attached hydrogens (tertiary/aromatic N) is 4. The van der Waals surface area contributed by atoms with Crippen molar-refractivity contribution in [3.63, 3.8) is 0 Å². The Balaban J connectivity index is 1.31. The van der Waals surface area contributed by atoms with Gasteiger partial charge in [-0.25, -0.2) is 4.98 Å². The molecule has 0 aliphatic heterocycles. The van der Waals surface area contributed by atoms with E-state index in [0.29, 0.717) is 30.6 Å². The highest BCUT2D eigenvalue weighted by Crippen LogP contribution is 2.36. The molecule has 3 heterocycles. The third kappa shape index (κ3) is 5.06. The lowest BCUT2D eigenvalue weighted by atomic mass is 9.89. The summed E-state index contributed by atoms with van der Waals surface area (Å²) >= 11 is 3.17. The fourth-order valence-corrected chi connectivity index (χ4v) is 6.65.